The number of carbonyl (C=O) groups is 1. The Balaban J connectivity index is 2.69. The van der Waals surface area contributed by atoms with E-state index in [9.17, 15) is 4.79 Å². The summed E-state index contributed by atoms with van der Waals surface area (Å²) in [4.78, 5) is 10.5. The first-order valence-corrected chi connectivity index (χ1v) is 5.39. The predicted octanol–water partition coefficient (Wildman–Crippen LogP) is 0.885. The van der Waals surface area contributed by atoms with Gasteiger partial charge in [0.15, 0.2) is 11.5 Å². The summed E-state index contributed by atoms with van der Waals surface area (Å²) >= 11 is 0. The number of nitrogens with two attached hydrogens (primary N) is 1. The van der Waals surface area contributed by atoms with Crippen molar-refractivity contribution in [2.75, 3.05) is 20.8 Å². The lowest BCUT2D eigenvalue weighted by Gasteiger charge is -2.15. The normalized spacial score (nSPS) is 11.7. The summed E-state index contributed by atoms with van der Waals surface area (Å²) in [6.07, 6.45) is -0.147. The summed E-state index contributed by atoms with van der Waals surface area (Å²) in [5.74, 6) is 0.519. The maximum atomic E-state index is 10.5. The van der Waals surface area contributed by atoms with Gasteiger partial charge in [-0.05, 0) is 12.1 Å². The molecule has 0 saturated carbocycles. The summed E-state index contributed by atoms with van der Waals surface area (Å²) in [6, 6.07) is 4.62. The van der Waals surface area contributed by atoms with E-state index in [1.807, 2.05) is 0 Å². The Labute approximate surface area is 105 Å². The zero-order valence-corrected chi connectivity index (χ0v) is 10.4. The van der Waals surface area contributed by atoms with Gasteiger partial charge in [0, 0.05) is 6.04 Å². The minimum atomic E-state index is -0.955. The molecular weight excluding hydrogens is 238 g/mol. The molecule has 18 heavy (non-hydrogen) atoms. The zero-order valence-electron chi connectivity index (χ0n) is 10.4. The third kappa shape index (κ3) is 3.81. The molecule has 1 rings (SSSR count). The number of ether oxygens (including phenoxy) is 3. The van der Waals surface area contributed by atoms with Gasteiger partial charge in [-0.1, -0.05) is 6.07 Å². The van der Waals surface area contributed by atoms with Crippen molar-refractivity contribution in [3.05, 3.63) is 18.2 Å². The minimum Gasteiger partial charge on any atom is -0.493 e. The van der Waals surface area contributed by atoms with E-state index >= 15 is 0 Å². The fourth-order valence-electron chi connectivity index (χ4n) is 1.45. The second kappa shape index (κ2) is 6.70. The first-order chi connectivity index (χ1) is 8.58. The highest BCUT2D eigenvalue weighted by Crippen LogP contribution is 2.36. The number of methoxy groups -OCH3 is 2. The Hall–Kier alpha value is -1.95. The SMILES string of the molecule is COc1cccc(OCC(N)CC(=O)O)c1OC. The van der Waals surface area contributed by atoms with Crippen molar-refractivity contribution in [3.63, 3.8) is 0 Å². The highest BCUT2D eigenvalue weighted by molar-refractivity contribution is 5.67. The number of hydrogen-bond donors (Lipinski definition) is 2. The maximum Gasteiger partial charge on any atom is 0.305 e. The summed E-state index contributed by atoms with van der Waals surface area (Å²) < 4.78 is 15.7. The Morgan fingerprint density at radius 1 is 1.33 bits per heavy atom. The van der Waals surface area contributed by atoms with Crippen molar-refractivity contribution in [3.8, 4) is 17.2 Å². The Morgan fingerprint density at radius 3 is 2.56 bits per heavy atom. The van der Waals surface area contributed by atoms with Crippen molar-refractivity contribution < 1.29 is 24.1 Å². The van der Waals surface area contributed by atoms with Gasteiger partial charge in [0.25, 0.3) is 0 Å². The van der Waals surface area contributed by atoms with E-state index in [0.717, 1.165) is 0 Å². The van der Waals surface area contributed by atoms with E-state index in [2.05, 4.69) is 0 Å². The van der Waals surface area contributed by atoms with Gasteiger partial charge in [-0.25, -0.2) is 0 Å². The smallest absolute Gasteiger partial charge is 0.305 e. The van der Waals surface area contributed by atoms with E-state index in [1.54, 1.807) is 18.2 Å². The molecule has 0 aliphatic rings. The molecule has 0 fully saturated rings. The molecule has 0 spiro atoms. The molecule has 0 aromatic heterocycles. The summed E-state index contributed by atoms with van der Waals surface area (Å²) in [7, 11) is 3.03. The number of rotatable bonds is 7. The van der Waals surface area contributed by atoms with Gasteiger partial charge in [-0.15, -0.1) is 0 Å². The van der Waals surface area contributed by atoms with Gasteiger partial charge in [-0.2, -0.15) is 0 Å². The first kappa shape index (κ1) is 14.1. The van der Waals surface area contributed by atoms with E-state index in [1.165, 1.54) is 14.2 Å². The van der Waals surface area contributed by atoms with Crippen molar-refractivity contribution in [2.45, 2.75) is 12.5 Å². The van der Waals surface area contributed by atoms with Crippen LogP contribution in [0.4, 0.5) is 0 Å². The number of aliphatic carboxylic acids is 1. The summed E-state index contributed by atoms with van der Waals surface area (Å²) in [5.41, 5.74) is 5.61. The molecule has 6 nitrogen and oxygen atoms in total. The van der Waals surface area contributed by atoms with Gasteiger partial charge in [0.1, 0.15) is 6.61 Å². The first-order valence-electron chi connectivity index (χ1n) is 5.39. The van der Waals surface area contributed by atoms with E-state index in [0.29, 0.717) is 17.2 Å². The van der Waals surface area contributed by atoms with Gasteiger partial charge < -0.3 is 25.1 Å². The number of hydrogen-bond acceptors (Lipinski definition) is 5. The Bertz CT molecular complexity index is 407. The van der Waals surface area contributed by atoms with E-state index < -0.39 is 12.0 Å². The number of carboxylic acids is 1. The van der Waals surface area contributed by atoms with Crippen molar-refractivity contribution in [1.29, 1.82) is 0 Å². The molecule has 1 aromatic carbocycles. The van der Waals surface area contributed by atoms with Crippen LogP contribution in [0.3, 0.4) is 0 Å². The lowest BCUT2D eigenvalue weighted by Crippen LogP contribution is -2.30. The Morgan fingerprint density at radius 2 is 2.00 bits per heavy atom. The molecule has 0 aliphatic carbocycles. The van der Waals surface area contributed by atoms with Crippen molar-refractivity contribution in [1.82, 2.24) is 0 Å². The molecule has 0 bridgehead atoms. The average Bonchev–Trinajstić information content (AvgIpc) is 2.34. The molecule has 0 amide bonds. The van der Waals surface area contributed by atoms with Crippen LogP contribution in [0.15, 0.2) is 18.2 Å². The lowest BCUT2D eigenvalue weighted by molar-refractivity contribution is -0.137. The molecule has 0 heterocycles. The van der Waals surface area contributed by atoms with Crippen molar-refractivity contribution >= 4 is 5.97 Å². The fourth-order valence-corrected chi connectivity index (χ4v) is 1.45. The largest absolute Gasteiger partial charge is 0.493 e. The van der Waals surface area contributed by atoms with Gasteiger partial charge in [-0.3, -0.25) is 4.79 Å². The Kier molecular flexibility index (Phi) is 5.26. The second-order valence-corrected chi connectivity index (χ2v) is 3.66. The molecule has 1 unspecified atom stereocenters. The molecule has 3 N–H and O–H groups in total. The third-order valence-corrected chi connectivity index (χ3v) is 2.26. The highest BCUT2D eigenvalue weighted by Gasteiger charge is 2.13. The number of carboxylic acid groups (broad SMARTS) is 1. The number of para-hydroxylation sites is 1. The quantitative estimate of drug-likeness (QED) is 0.751. The molecule has 0 aliphatic heterocycles. The van der Waals surface area contributed by atoms with Crippen LogP contribution in [0.2, 0.25) is 0 Å². The van der Waals surface area contributed by atoms with Crippen LogP contribution in [-0.2, 0) is 4.79 Å². The topological polar surface area (TPSA) is 91.0 Å². The third-order valence-electron chi connectivity index (χ3n) is 2.26. The molecular formula is C12H17NO5. The molecule has 1 aromatic rings. The van der Waals surface area contributed by atoms with Crippen LogP contribution in [0.25, 0.3) is 0 Å². The van der Waals surface area contributed by atoms with E-state index in [-0.39, 0.29) is 13.0 Å². The standard InChI is InChI=1S/C12H17NO5/c1-16-9-4-3-5-10(12(9)17-2)18-7-8(13)6-11(14)15/h3-5,8H,6-7,13H2,1-2H3,(H,14,15). The molecule has 0 saturated heterocycles. The van der Waals surface area contributed by atoms with Crippen LogP contribution in [-0.4, -0.2) is 37.9 Å². The van der Waals surface area contributed by atoms with Crippen molar-refractivity contribution in [2.24, 2.45) is 5.73 Å². The molecule has 100 valence electrons. The monoisotopic (exact) mass is 255 g/mol. The predicted molar refractivity (Wildman–Crippen MR) is 65.3 cm³/mol. The fraction of sp³-hybridized carbons (Fsp3) is 0.417. The lowest BCUT2D eigenvalue weighted by atomic mass is 10.2. The summed E-state index contributed by atoms with van der Waals surface area (Å²) in [6.45, 7) is 0.0931. The van der Waals surface area contributed by atoms with Crippen LogP contribution in [0.1, 0.15) is 6.42 Å². The highest BCUT2D eigenvalue weighted by atomic mass is 16.5. The minimum absolute atomic E-state index is 0.0931. The number of benzene rings is 1. The van der Waals surface area contributed by atoms with Crippen LogP contribution in [0, 0.1) is 0 Å². The second-order valence-electron chi connectivity index (χ2n) is 3.66. The van der Waals surface area contributed by atoms with E-state index in [4.69, 9.17) is 25.1 Å². The zero-order chi connectivity index (χ0) is 13.5. The summed E-state index contributed by atoms with van der Waals surface area (Å²) in [5, 5.41) is 8.58. The van der Waals surface area contributed by atoms with Crippen LogP contribution in [0.5, 0.6) is 17.2 Å². The maximum absolute atomic E-state index is 10.5. The van der Waals surface area contributed by atoms with Gasteiger partial charge in [0.05, 0.1) is 20.6 Å². The van der Waals surface area contributed by atoms with Gasteiger partial charge in [0.2, 0.25) is 5.75 Å². The molecule has 1 atom stereocenters. The van der Waals surface area contributed by atoms with Gasteiger partial charge >= 0.3 is 5.97 Å². The molecule has 0 radical (unpaired) electrons. The average molecular weight is 255 g/mol. The molecule has 6 heteroatoms. The van der Waals surface area contributed by atoms with Crippen LogP contribution < -0.4 is 19.9 Å². The van der Waals surface area contributed by atoms with Crippen LogP contribution >= 0.6 is 0 Å².